The average Bonchev–Trinajstić information content (AvgIpc) is 3.04. The lowest BCUT2D eigenvalue weighted by Crippen LogP contribution is -2.32. The highest BCUT2D eigenvalue weighted by Crippen LogP contribution is 2.45. The van der Waals surface area contributed by atoms with Gasteiger partial charge in [0.1, 0.15) is 5.01 Å². The molecule has 4 rings (SSSR count). The van der Waals surface area contributed by atoms with E-state index in [1.54, 1.807) is 0 Å². The van der Waals surface area contributed by atoms with Crippen LogP contribution in [0.25, 0.3) is 11.3 Å². The van der Waals surface area contributed by atoms with E-state index in [1.807, 2.05) is 11.3 Å². The van der Waals surface area contributed by atoms with Crippen LogP contribution in [0, 0.1) is 6.92 Å². The minimum Gasteiger partial charge on any atom is -0.319 e. The maximum absolute atomic E-state index is 6.54. The molecule has 3 heteroatoms. The molecule has 98 valence electrons. The molecule has 0 bridgehead atoms. The van der Waals surface area contributed by atoms with Crippen LogP contribution in [-0.4, -0.2) is 4.98 Å². The van der Waals surface area contributed by atoms with E-state index in [0.717, 1.165) is 19.3 Å². The first kappa shape index (κ1) is 11.6. The predicted molar refractivity (Wildman–Crippen MR) is 79.4 cm³/mol. The number of hydrogen-bond donors (Lipinski definition) is 1. The van der Waals surface area contributed by atoms with Gasteiger partial charge in [-0.3, -0.25) is 0 Å². The van der Waals surface area contributed by atoms with Crippen LogP contribution in [0.4, 0.5) is 0 Å². The molecule has 0 aliphatic heterocycles. The third-order valence-electron chi connectivity index (χ3n) is 4.49. The van der Waals surface area contributed by atoms with E-state index >= 15 is 0 Å². The molecular weight excluding hydrogens is 252 g/mol. The largest absolute Gasteiger partial charge is 0.319 e. The summed E-state index contributed by atoms with van der Waals surface area (Å²) in [5, 5.41) is 1.17. The monoisotopic (exact) mass is 270 g/mol. The molecule has 0 atom stereocenters. The quantitative estimate of drug-likeness (QED) is 0.731. The molecule has 1 heterocycles. The summed E-state index contributed by atoms with van der Waals surface area (Å²) in [5.41, 5.74) is 11.7. The van der Waals surface area contributed by atoms with Gasteiger partial charge in [0.2, 0.25) is 0 Å². The maximum atomic E-state index is 6.54. The Hall–Kier alpha value is -1.19. The topological polar surface area (TPSA) is 38.9 Å². The Labute approximate surface area is 117 Å². The lowest BCUT2D eigenvalue weighted by molar-refractivity contribution is 0.459. The summed E-state index contributed by atoms with van der Waals surface area (Å²) in [6, 6.07) is 6.70. The van der Waals surface area contributed by atoms with Gasteiger partial charge in [0, 0.05) is 16.9 Å². The summed E-state index contributed by atoms with van der Waals surface area (Å²) in [5.74, 6) is 0. The van der Waals surface area contributed by atoms with Gasteiger partial charge < -0.3 is 5.73 Å². The fourth-order valence-electron chi connectivity index (χ4n) is 3.35. The van der Waals surface area contributed by atoms with Crippen molar-refractivity contribution in [3.8, 4) is 11.3 Å². The Morgan fingerprint density at radius 3 is 2.84 bits per heavy atom. The van der Waals surface area contributed by atoms with Gasteiger partial charge in [-0.05, 0) is 31.4 Å². The summed E-state index contributed by atoms with van der Waals surface area (Å²) in [4.78, 5) is 6.33. The highest BCUT2D eigenvalue weighted by molar-refractivity contribution is 7.12. The fraction of sp³-hybridized carbons (Fsp3) is 0.438. The van der Waals surface area contributed by atoms with E-state index in [-0.39, 0.29) is 5.54 Å². The first-order valence-corrected chi connectivity index (χ1v) is 7.86. The number of aryl methyl sites for hydroxylation is 1. The van der Waals surface area contributed by atoms with E-state index in [2.05, 4.69) is 25.1 Å². The van der Waals surface area contributed by atoms with Crippen molar-refractivity contribution in [2.75, 3.05) is 0 Å². The minimum atomic E-state index is -0.140. The number of hydrogen-bond acceptors (Lipinski definition) is 3. The van der Waals surface area contributed by atoms with Crippen molar-refractivity contribution in [1.29, 1.82) is 0 Å². The van der Waals surface area contributed by atoms with Crippen LogP contribution in [0.5, 0.6) is 0 Å². The van der Waals surface area contributed by atoms with E-state index in [1.165, 1.54) is 45.1 Å². The lowest BCUT2D eigenvalue weighted by atomic mass is 10.0. The molecule has 2 aliphatic rings. The SMILES string of the molecule is Cc1ccc2c(c1)-c1nc(C3(N)CCCC3)sc1C2. The maximum Gasteiger partial charge on any atom is 0.113 e. The molecule has 2 aliphatic carbocycles. The van der Waals surface area contributed by atoms with Crippen molar-refractivity contribution in [2.45, 2.75) is 44.6 Å². The van der Waals surface area contributed by atoms with Gasteiger partial charge in [-0.25, -0.2) is 4.98 Å². The molecule has 0 radical (unpaired) electrons. The van der Waals surface area contributed by atoms with Gasteiger partial charge in [0.25, 0.3) is 0 Å². The Balaban J connectivity index is 1.81. The van der Waals surface area contributed by atoms with E-state index in [0.29, 0.717) is 0 Å². The zero-order chi connectivity index (χ0) is 13.0. The summed E-state index contributed by atoms with van der Waals surface area (Å²) < 4.78 is 0. The van der Waals surface area contributed by atoms with Crippen molar-refractivity contribution in [2.24, 2.45) is 5.73 Å². The van der Waals surface area contributed by atoms with E-state index in [4.69, 9.17) is 10.7 Å². The standard InChI is InChI=1S/C16H18N2S/c1-10-4-5-11-9-13-14(12(11)8-10)18-15(19-13)16(17)6-2-3-7-16/h4-5,8H,2-3,6-7,9,17H2,1H3. The first-order chi connectivity index (χ1) is 9.16. The van der Waals surface area contributed by atoms with Crippen LogP contribution in [0.15, 0.2) is 18.2 Å². The molecule has 2 aromatic rings. The number of benzene rings is 1. The number of rotatable bonds is 1. The highest BCUT2D eigenvalue weighted by Gasteiger charge is 2.36. The molecule has 1 saturated carbocycles. The van der Waals surface area contributed by atoms with Crippen LogP contribution in [0.2, 0.25) is 0 Å². The van der Waals surface area contributed by atoms with Crippen LogP contribution in [0.1, 0.15) is 46.7 Å². The summed E-state index contributed by atoms with van der Waals surface area (Å²) in [6.45, 7) is 2.15. The molecule has 0 saturated heterocycles. The molecule has 0 spiro atoms. The number of fused-ring (bicyclic) bond motifs is 3. The Bertz CT molecular complexity index is 651. The van der Waals surface area contributed by atoms with E-state index in [9.17, 15) is 0 Å². The highest BCUT2D eigenvalue weighted by atomic mass is 32.1. The van der Waals surface area contributed by atoms with Crippen LogP contribution in [0.3, 0.4) is 0 Å². The van der Waals surface area contributed by atoms with Crippen LogP contribution in [-0.2, 0) is 12.0 Å². The van der Waals surface area contributed by atoms with E-state index < -0.39 is 0 Å². The second kappa shape index (κ2) is 3.90. The van der Waals surface area contributed by atoms with Crippen molar-refractivity contribution < 1.29 is 0 Å². The van der Waals surface area contributed by atoms with Gasteiger partial charge in [-0.15, -0.1) is 11.3 Å². The Kier molecular flexibility index (Phi) is 2.39. The minimum absolute atomic E-state index is 0.140. The molecule has 1 aromatic heterocycles. The van der Waals surface area contributed by atoms with Gasteiger partial charge in [0.15, 0.2) is 0 Å². The second-order valence-electron chi connectivity index (χ2n) is 5.99. The lowest BCUT2D eigenvalue weighted by Gasteiger charge is -2.20. The second-order valence-corrected chi connectivity index (χ2v) is 7.08. The third kappa shape index (κ3) is 1.68. The van der Waals surface area contributed by atoms with Gasteiger partial charge >= 0.3 is 0 Å². The Morgan fingerprint density at radius 1 is 1.26 bits per heavy atom. The van der Waals surface area contributed by atoms with Crippen molar-refractivity contribution in [3.05, 3.63) is 39.2 Å². The molecule has 1 fully saturated rings. The number of thiazole rings is 1. The van der Waals surface area contributed by atoms with Crippen molar-refractivity contribution >= 4 is 11.3 Å². The summed E-state index contributed by atoms with van der Waals surface area (Å²) in [7, 11) is 0. The van der Waals surface area contributed by atoms with Crippen molar-refractivity contribution in [3.63, 3.8) is 0 Å². The molecule has 2 nitrogen and oxygen atoms in total. The average molecular weight is 270 g/mol. The molecule has 0 unspecified atom stereocenters. The fourth-order valence-corrected chi connectivity index (χ4v) is 4.61. The number of aromatic nitrogens is 1. The normalized spacial score (nSPS) is 19.5. The molecule has 0 amide bonds. The van der Waals surface area contributed by atoms with Crippen molar-refractivity contribution in [1.82, 2.24) is 4.98 Å². The molecular formula is C16H18N2S. The summed E-state index contributed by atoms with van der Waals surface area (Å²) in [6.07, 6.45) is 5.73. The third-order valence-corrected chi connectivity index (χ3v) is 5.77. The predicted octanol–water partition coefficient (Wildman–Crippen LogP) is 3.75. The first-order valence-electron chi connectivity index (χ1n) is 7.05. The van der Waals surface area contributed by atoms with Gasteiger partial charge in [0.05, 0.1) is 11.2 Å². The van der Waals surface area contributed by atoms with Crippen LogP contribution < -0.4 is 5.73 Å². The van der Waals surface area contributed by atoms with Gasteiger partial charge in [-0.1, -0.05) is 30.5 Å². The number of nitrogens with two attached hydrogens (primary N) is 1. The zero-order valence-corrected chi connectivity index (χ0v) is 12.0. The van der Waals surface area contributed by atoms with Crippen LogP contribution >= 0.6 is 11.3 Å². The Morgan fingerprint density at radius 2 is 2.05 bits per heavy atom. The van der Waals surface area contributed by atoms with Gasteiger partial charge in [-0.2, -0.15) is 0 Å². The molecule has 1 aromatic carbocycles. The molecule has 2 N–H and O–H groups in total. The smallest absolute Gasteiger partial charge is 0.113 e. The molecule has 19 heavy (non-hydrogen) atoms. The number of nitrogens with zero attached hydrogens (tertiary/aromatic N) is 1. The zero-order valence-electron chi connectivity index (χ0n) is 11.2. The summed E-state index contributed by atoms with van der Waals surface area (Å²) >= 11 is 1.84.